The van der Waals surface area contributed by atoms with Crippen molar-refractivity contribution in [2.45, 2.75) is 11.1 Å². The lowest BCUT2D eigenvalue weighted by atomic mass is 10.3. The van der Waals surface area contributed by atoms with Crippen molar-refractivity contribution < 1.29 is 17.6 Å². The summed E-state index contributed by atoms with van der Waals surface area (Å²) < 4.78 is 48.1. The van der Waals surface area contributed by atoms with Gasteiger partial charge in [0.05, 0.1) is 11.4 Å². The molecule has 0 fully saturated rings. The number of benzene rings is 1. The van der Waals surface area contributed by atoms with Crippen LogP contribution in [0.1, 0.15) is 0 Å². The molecule has 0 aliphatic carbocycles. The Morgan fingerprint density at radius 2 is 1.93 bits per heavy atom. The van der Waals surface area contributed by atoms with E-state index in [0.717, 1.165) is 6.07 Å². The summed E-state index contributed by atoms with van der Waals surface area (Å²) in [6, 6.07) is 3.59. The van der Waals surface area contributed by atoms with E-state index < -0.39 is 17.7 Å². The highest BCUT2D eigenvalue weighted by Crippen LogP contribution is 2.28. The highest BCUT2D eigenvalue weighted by molar-refractivity contribution is 7.99. The fourth-order valence-corrected chi connectivity index (χ4v) is 1.44. The Bertz CT molecular complexity index is 324. The van der Waals surface area contributed by atoms with E-state index in [1.54, 1.807) is 0 Å². The van der Waals surface area contributed by atoms with Crippen LogP contribution >= 0.6 is 11.8 Å². The molecular formula is C8H7F4NS. The van der Waals surface area contributed by atoms with E-state index in [1.165, 1.54) is 12.1 Å². The Morgan fingerprint density at radius 1 is 1.29 bits per heavy atom. The highest BCUT2D eigenvalue weighted by atomic mass is 32.2. The van der Waals surface area contributed by atoms with Gasteiger partial charge in [-0.1, -0.05) is 0 Å². The van der Waals surface area contributed by atoms with E-state index in [0.29, 0.717) is 11.8 Å². The monoisotopic (exact) mass is 225 g/mol. The summed E-state index contributed by atoms with van der Waals surface area (Å²) in [6.45, 7) is 0. The van der Waals surface area contributed by atoms with Gasteiger partial charge in [-0.05, 0) is 18.2 Å². The van der Waals surface area contributed by atoms with Crippen molar-refractivity contribution >= 4 is 17.4 Å². The fourth-order valence-electron chi connectivity index (χ4n) is 0.763. The second-order valence-electron chi connectivity index (χ2n) is 2.59. The molecule has 0 amide bonds. The maximum Gasteiger partial charge on any atom is 0.398 e. The van der Waals surface area contributed by atoms with Crippen LogP contribution in [0.25, 0.3) is 0 Å². The fraction of sp³-hybridized carbons (Fsp3) is 0.250. The van der Waals surface area contributed by atoms with Gasteiger partial charge in [-0.3, -0.25) is 0 Å². The van der Waals surface area contributed by atoms with Gasteiger partial charge in [-0.2, -0.15) is 13.2 Å². The van der Waals surface area contributed by atoms with Gasteiger partial charge in [0.25, 0.3) is 0 Å². The summed E-state index contributed by atoms with van der Waals surface area (Å²) in [5, 5.41) is 0. The third kappa shape index (κ3) is 3.45. The van der Waals surface area contributed by atoms with Crippen molar-refractivity contribution in [3.05, 3.63) is 24.0 Å². The first-order valence-electron chi connectivity index (χ1n) is 3.63. The predicted octanol–water partition coefficient (Wildman–Crippen LogP) is 3.06. The molecule has 1 nitrogen and oxygen atoms in total. The molecule has 0 heterocycles. The molecule has 78 valence electrons. The summed E-state index contributed by atoms with van der Waals surface area (Å²) in [5.41, 5.74) is 5.10. The molecule has 0 aromatic heterocycles. The Kier molecular flexibility index (Phi) is 3.25. The maximum atomic E-state index is 12.8. The van der Waals surface area contributed by atoms with Crippen LogP contribution in [-0.4, -0.2) is 11.9 Å². The number of hydrogen-bond acceptors (Lipinski definition) is 2. The molecular weight excluding hydrogens is 218 g/mol. The van der Waals surface area contributed by atoms with E-state index >= 15 is 0 Å². The number of alkyl halides is 3. The van der Waals surface area contributed by atoms with Gasteiger partial charge in [-0.25, -0.2) is 4.39 Å². The largest absolute Gasteiger partial charge is 0.398 e. The zero-order valence-electron chi connectivity index (χ0n) is 6.94. The van der Waals surface area contributed by atoms with Gasteiger partial charge in [0, 0.05) is 4.90 Å². The molecule has 1 aromatic rings. The molecule has 0 spiro atoms. The van der Waals surface area contributed by atoms with E-state index in [9.17, 15) is 17.6 Å². The molecule has 0 saturated heterocycles. The molecule has 14 heavy (non-hydrogen) atoms. The smallest absolute Gasteiger partial charge is 0.396 e. The Hall–Kier alpha value is -0.910. The van der Waals surface area contributed by atoms with Crippen LogP contribution < -0.4 is 5.73 Å². The SMILES string of the molecule is Nc1ccc(SCC(F)(F)F)cc1F. The molecule has 0 aliphatic heterocycles. The summed E-state index contributed by atoms with van der Waals surface area (Å²) >= 11 is 0.530. The Balaban J connectivity index is 2.65. The van der Waals surface area contributed by atoms with Gasteiger partial charge < -0.3 is 5.73 Å². The number of nitrogens with two attached hydrogens (primary N) is 1. The molecule has 0 aliphatic rings. The van der Waals surface area contributed by atoms with Crippen molar-refractivity contribution in [2.75, 3.05) is 11.5 Å². The number of nitrogen functional groups attached to an aromatic ring is 1. The van der Waals surface area contributed by atoms with Crippen LogP contribution in [0.2, 0.25) is 0 Å². The molecule has 6 heteroatoms. The van der Waals surface area contributed by atoms with E-state index in [-0.39, 0.29) is 10.6 Å². The van der Waals surface area contributed by atoms with Gasteiger partial charge in [0.2, 0.25) is 0 Å². The van der Waals surface area contributed by atoms with Crippen molar-refractivity contribution in [3.63, 3.8) is 0 Å². The van der Waals surface area contributed by atoms with Gasteiger partial charge in [0.15, 0.2) is 0 Å². The van der Waals surface area contributed by atoms with Crippen LogP contribution in [-0.2, 0) is 0 Å². The zero-order valence-corrected chi connectivity index (χ0v) is 7.75. The van der Waals surface area contributed by atoms with Gasteiger partial charge in [-0.15, -0.1) is 11.8 Å². The van der Waals surface area contributed by atoms with Crippen molar-refractivity contribution in [1.29, 1.82) is 0 Å². The lowest BCUT2D eigenvalue weighted by Crippen LogP contribution is -2.10. The molecule has 2 N–H and O–H groups in total. The van der Waals surface area contributed by atoms with Gasteiger partial charge in [0.1, 0.15) is 5.82 Å². The van der Waals surface area contributed by atoms with Crippen LogP contribution in [0.15, 0.2) is 23.1 Å². The maximum absolute atomic E-state index is 12.8. The first-order valence-corrected chi connectivity index (χ1v) is 4.61. The average Bonchev–Trinajstić information content (AvgIpc) is 2.06. The lowest BCUT2D eigenvalue weighted by Gasteiger charge is -2.06. The molecule has 1 aromatic carbocycles. The van der Waals surface area contributed by atoms with E-state index in [1.807, 2.05) is 0 Å². The summed E-state index contributed by atoms with van der Waals surface area (Å²) in [4.78, 5) is 0.217. The predicted molar refractivity (Wildman–Crippen MR) is 47.6 cm³/mol. The average molecular weight is 225 g/mol. The molecule has 0 unspecified atom stereocenters. The Labute approximate surface area is 82.3 Å². The summed E-state index contributed by atoms with van der Waals surface area (Å²) in [5.74, 6) is -1.73. The number of thioether (sulfide) groups is 1. The lowest BCUT2D eigenvalue weighted by molar-refractivity contribution is -0.105. The third-order valence-corrected chi connectivity index (χ3v) is 2.43. The number of anilines is 1. The number of halogens is 4. The van der Waals surface area contributed by atoms with Crippen molar-refractivity contribution in [1.82, 2.24) is 0 Å². The molecule has 1 rings (SSSR count). The first-order chi connectivity index (χ1) is 6.38. The highest BCUT2D eigenvalue weighted by Gasteiger charge is 2.27. The standard InChI is InChI=1S/C8H7F4NS/c9-6-3-5(1-2-7(6)13)14-4-8(10,11)12/h1-3H,4,13H2. The number of rotatable bonds is 2. The third-order valence-electron chi connectivity index (χ3n) is 1.37. The van der Waals surface area contributed by atoms with Crippen LogP contribution in [0.4, 0.5) is 23.2 Å². The van der Waals surface area contributed by atoms with Crippen LogP contribution in [0.3, 0.4) is 0 Å². The van der Waals surface area contributed by atoms with E-state index in [2.05, 4.69) is 0 Å². The minimum absolute atomic E-state index is 0.0682. The normalized spacial score (nSPS) is 11.7. The van der Waals surface area contributed by atoms with Crippen molar-refractivity contribution in [3.8, 4) is 0 Å². The number of hydrogen-bond donors (Lipinski definition) is 1. The molecule has 0 saturated carbocycles. The second-order valence-corrected chi connectivity index (χ2v) is 3.64. The molecule has 0 radical (unpaired) electrons. The first kappa shape index (κ1) is 11.2. The molecule has 0 bridgehead atoms. The quantitative estimate of drug-likeness (QED) is 0.475. The Morgan fingerprint density at radius 3 is 2.43 bits per heavy atom. The topological polar surface area (TPSA) is 26.0 Å². The van der Waals surface area contributed by atoms with Gasteiger partial charge >= 0.3 is 6.18 Å². The molecule has 0 atom stereocenters. The minimum atomic E-state index is -4.25. The minimum Gasteiger partial charge on any atom is -0.396 e. The van der Waals surface area contributed by atoms with Crippen molar-refractivity contribution in [2.24, 2.45) is 0 Å². The second kappa shape index (κ2) is 4.08. The van der Waals surface area contributed by atoms with E-state index in [4.69, 9.17) is 5.73 Å². The summed E-state index contributed by atoms with van der Waals surface area (Å²) in [7, 11) is 0. The zero-order chi connectivity index (χ0) is 10.8. The summed E-state index contributed by atoms with van der Waals surface area (Å²) in [6.07, 6.45) is -4.25. The van der Waals surface area contributed by atoms with Crippen LogP contribution in [0, 0.1) is 5.82 Å². The van der Waals surface area contributed by atoms with Crippen LogP contribution in [0.5, 0.6) is 0 Å².